The number of nitrogens with zero attached hydrogens (tertiary/aromatic N) is 5. The first-order chi connectivity index (χ1) is 13.4. The standard InChI is InChI=1S/C18H24ClN5O4/c1-12-9-14(24(25)26)10-15(19)17(12)23-6-4-5-22(7-8-23)11-16-20-18(21-28-16)13(2)27-3/h9-10,13H,4-8,11H2,1-3H3. The van der Waals surface area contributed by atoms with Crippen molar-refractivity contribution in [3.63, 3.8) is 0 Å². The van der Waals surface area contributed by atoms with Crippen LogP contribution in [-0.2, 0) is 11.3 Å². The van der Waals surface area contributed by atoms with Crippen LogP contribution in [0.3, 0.4) is 0 Å². The molecular formula is C18H24ClN5O4. The molecule has 0 amide bonds. The molecule has 1 aliphatic rings. The third-order valence-electron chi connectivity index (χ3n) is 4.91. The van der Waals surface area contributed by atoms with E-state index in [0.717, 1.165) is 43.9 Å². The number of ether oxygens (including phenoxy) is 1. The molecule has 0 N–H and O–H groups in total. The molecule has 2 heterocycles. The predicted molar refractivity (Wildman–Crippen MR) is 105 cm³/mol. The van der Waals surface area contributed by atoms with E-state index in [2.05, 4.69) is 19.9 Å². The first kappa shape index (κ1) is 20.5. The highest BCUT2D eigenvalue weighted by Crippen LogP contribution is 2.34. The van der Waals surface area contributed by atoms with Crippen molar-refractivity contribution in [3.8, 4) is 0 Å². The molecule has 2 aromatic rings. The highest BCUT2D eigenvalue weighted by molar-refractivity contribution is 6.33. The summed E-state index contributed by atoms with van der Waals surface area (Å²) in [5.74, 6) is 1.11. The first-order valence-electron chi connectivity index (χ1n) is 9.16. The van der Waals surface area contributed by atoms with E-state index in [-0.39, 0.29) is 11.8 Å². The van der Waals surface area contributed by atoms with E-state index < -0.39 is 4.92 Å². The molecule has 1 aromatic heterocycles. The number of hydrogen-bond acceptors (Lipinski definition) is 8. The lowest BCUT2D eigenvalue weighted by Crippen LogP contribution is -2.31. The van der Waals surface area contributed by atoms with Crippen LogP contribution in [0, 0.1) is 17.0 Å². The number of aryl methyl sites for hydroxylation is 1. The minimum Gasteiger partial charge on any atom is -0.374 e. The third kappa shape index (κ3) is 4.60. The topological polar surface area (TPSA) is 97.8 Å². The molecule has 1 unspecified atom stereocenters. The zero-order valence-electron chi connectivity index (χ0n) is 16.2. The quantitative estimate of drug-likeness (QED) is 0.529. The van der Waals surface area contributed by atoms with Crippen LogP contribution in [0.5, 0.6) is 0 Å². The van der Waals surface area contributed by atoms with Gasteiger partial charge in [0.1, 0.15) is 6.10 Å². The van der Waals surface area contributed by atoms with Crippen molar-refractivity contribution in [2.75, 3.05) is 38.2 Å². The Morgan fingerprint density at radius 1 is 1.36 bits per heavy atom. The number of rotatable bonds is 6. The second-order valence-corrected chi connectivity index (χ2v) is 7.30. The summed E-state index contributed by atoms with van der Waals surface area (Å²) in [5.41, 5.74) is 1.69. The largest absolute Gasteiger partial charge is 0.374 e. The molecule has 1 atom stereocenters. The van der Waals surface area contributed by atoms with E-state index in [0.29, 0.717) is 23.3 Å². The lowest BCUT2D eigenvalue weighted by molar-refractivity contribution is -0.384. The highest BCUT2D eigenvalue weighted by Gasteiger charge is 2.22. The van der Waals surface area contributed by atoms with Crippen LogP contribution in [-0.4, -0.2) is 53.3 Å². The van der Waals surface area contributed by atoms with Gasteiger partial charge in [-0.3, -0.25) is 15.0 Å². The van der Waals surface area contributed by atoms with Gasteiger partial charge < -0.3 is 14.2 Å². The van der Waals surface area contributed by atoms with Gasteiger partial charge in [-0.1, -0.05) is 16.8 Å². The van der Waals surface area contributed by atoms with E-state index in [1.807, 2.05) is 13.8 Å². The summed E-state index contributed by atoms with van der Waals surface area (Å²) in [6.45, 7) is 7.56. The molecular weight excluding hydrogens is 386 g/mol. The van der Waals surface area contributed by atoms with Crippen LogP contribution in [0.4, 0.5) is 11.4 Å². The normalized spacial score (nSPS) is 16.8. The fraction of sp³-hybridized carbons (Fsp3) is 0.556. The Hall–Kier alpha value is -2.23. The first-order valence-corrected chi connectivity index (χ1v) is 9.54. The lowest BCUT2D eigenvalue weighted by Gasteiger charge is -2.26. The molecule has 10 heteroatoms. The van der Waals surface area contributed by atoms with E-state index >= 15 is 0 Å². The molecule has 0 aliphatic carbocycles. The van der Waals surface area contributed by atoms with Crippen molar-refractivity contribution in [2.24, 2.45) is 0 Å². The zero-order valence-corrected chi connectivity index (χ0v) is 17.0. The minimum atomic E-state index is -0.421. The van der Waals surface area contributed by atoms with Crippen LogP contribution in [0.15, 0.2) is 16.7 Å². The molecule has 0 bridgehead atoms. The Morgan fingerprint density at radius 2 is 2.14 bits per heavy atom. The SMILES string of the molecule is COC(C)c1noc(CN2CCCN(c3c(C)cc([N+](=O)[O-])cc3Cl)CC2)n1. The van der Waals surface area contributed by atoms with Gasteiger partial charge in [0.15, 0.2) is 5.82 Å². The van der Waals surface area contributed by atoms with Crippen LogP contribution in [0.2, 0.25) is 5.02 Å². The lowest BCUT2D eigenvalue weighted by atomic mass is 10.1. The van der Waals surface area contributed by atoms with Gasteiger partial charge in [-0.05, 0) is 25.8 Å². The summed E-state index contributed by atoms with van der Waals surface area (Å²) in [7, 11) is 1.61. The average molecular weight is 410 g/mol. The second-order valence-electron chi connectivity index (χ2n) is 6.89. The molecule has 1 aliphatic heterocycles. The number of aromatic nitrogens is 2. The van der Waals surface area contributed by atoms with E-state index in [1.54, 1.807) is 13.2 Å². The van der Waals surface area contributed by atoms with Gasteiger partial charge in [-0.25, -0.2) is 0 Å². The van der Waals surface area contributed by atoms with Crippen LogP contribution in [0.1, 0.15) is 36.7 Å². The average Bonchev–Trinajstić information content (AvgIpc) is 3.00. The fourth-order valence-electron chi connectivity index (χ4n) is 3.37. The molecule has 1 fully saturated rings. The maximum Gasteiger partial charge on any atom is 0.271 e. The molecule has 28 heavy (non-hydrogen) atoms. The van der Waals surface area contributed by atoms with Gasteiger partial charge in [0.05, 0.1) is 22.2 Å². The van der Waals surface area contributed by atoms with Crippen molar-refractivity contribution in [1.29, 1.82) is 0 Å². The number of anilines is 1. The van der Waals surface area contributed by atoms with Crippen molar-refractivity contribution < 1.29 is 14.2 Å². The van der Waals surface area contributed by atoms with E-state index in [4.69, 9.17) is 20.9 Å². The van der Waals surface area contributed by atoms with Crippen molar-refractivity contribution in [3.05, 3.63) is 44.5 Å². The molecule has 0 saturated carbocycles. The highest BCUT2D eigenvalue weighted by atomic mass is 35.5. The van der Waals surface area contributed by atoms with Crippen LogP contribution < -0.4 is 4.90 Å². The van der Waals surface area contributed by atoms with Crippen LogP contribution >= 0.6 is 11.6 Å². The van der Waals surface area contributed by atoms with Gasteiger partial charge in [0.25, 0.3) is 5.69 Å². The third-order valence-corrected chi connectivity index (χ3v) is 5.20. The fourth-order valence-corrected chi connectivity index (χ4v) is 3.75. The van der Waals surface area contributed by atoms with Crippen LogP contribution in [0.25, 0.3) is 0 Å². The Balaban J connectivity index is 1.67. The summed E-state index contributed by atoms with van der Waals surface area (Å²) in [6, 6.07) is 2.99. The maximum atomic E-state index is 11.0. The smallest absolute Gasteiger partial charge is 0.271 e. The summed E-state index contributed by atoms with van der Waals surface area (Å²) < 4.78 is 10.5. The molecule has 152 valence electrons. The molecule has 1 aromatic carbocycles. The number of nitro benzene ring substituents is 1. The zero-order chi connectivity index (χ0) is 20.3. The number of hydrogen-bond donors (Lipinski definition) is 0. The van der Waals surface area contributed by atoms with Gasteiger partial charge in [0.2, 0.25) is 5.89 Å². The van der Waals surface area contributed by atoms with E-state index in [1.165, 1.54) is 6.07 Å². The van der Waals surface area contributed by atoms with Crippen molar-refractivity contribution in [1.82, 2.24) is 15.0 Å². The van der Waals surface area contributed by atoms with Gasteiger partial charge in [-0.15, -0.1) is 0 Å². The van der Waals surface area contributed by atoms with Gasteiger partial charge >= 0.3 is 0 Å². The number of benzene rings is 1. The molecule has 1 saturated heterocycles. The number of methoxy groups -OCH3 is 1. The maximum absolute atomic E-state index is 11.0. The van der Waals surface area contributed by atoms with E-state index in [9.17, 15) is 10.1 Å². The number of non-ortho nitro benzene ring substituents is 1. The van der Waals surface area contributed by atoms with Crippen molar-refractivity contribution in [2.45, 2.75) is 32.9 Å². The monoisotopic (exact) mass is 409 g/mol. The Bertz CT molecular complexity index is 820. The number of halogens is 1. The van der Waals surface area contributed by atoms with Crippen molar-refractivity contribution >= 4 is 23.0 Å². The van der Waals surface area contributed by atoms with Gasteiger partial charge in [-0.2, -0.15) is 4.98 Å². The summed E-state index contributed by atoms with van der Waals surface area (Å²) in [5, 5.41) is 15.4. The Labute approximate surface area is 168 Å². The molecule has 0 spiro atoms. The Kier molecular flexibility index (Phi) is 6.48. The Morgan fingerprint density at radius 3 is 2.82 bits per heavy atom. The van der Waals surface area contributed by atoms with Gasteiger partial charge in [0, 0.05) is 45.4 Å². The summed E-state index contributed by atoms with van der Waals surface area (Å²) in [4.78, 5) is 19.4. The predicted octanol–water partition coefficient (Wildman–Crippen LogP) is 3.36. The number of nitro groups is 1. The minimum absolute atomic E-state index is 0.0141. The second kappa shape index (κ2) is 8.85. The molecule has 3 rings (SSSR count). The molecule has 0 radical (unpaired) electrons. The summed E-state index contributed by atoms with van der Waals surface area (Å²) >= 11 is 6.37. The summed E-state index contributed by atoms with van der Waals surface area (Å²) in [6.07, 6.45) is 0.728. The molecule has 9 nitrogen and oxygen atoms in total.